The fourth-order valence-corrected chi connectivity index (χ4v) is 0.537. The third-order valence-corrected chi connectivity index (χ3v) is 0.905. The van der Waals surface area contributed by atoms with E-state index in [2.05, 4.69) is 10.4 Å². The van der Waals surface area contributed by atoms with E-state index in [0.29, 0.717) is 5.69 Å². The van der Waals surface area contributed by atoms with Gasteiger partial charge in [0.2, 0.25) is 0 Å². The fraction of sp³-hybridized carbons (Fsp3) is 0. The average Bonchev–Trinajstić information content (AvgIpc) is 1.88. The van der Waals surface area contributed by atoms with Gasteiger partial charge in [0.05, 0.1) is 0 Å². The number of hydrogen-bond donors (Lipinski definition) is 2. The molecule has 0 atom stereocenters. The highest BCUT2D eigenvalue weighted by Gasteiger charge is 2.00. The third kappa shape index (κ3) is 1.70. The molecule has 1 aromatic heterocycles. The van der Waals surface area contributed by atoms with Crippen molar-refractivity contribution < 1.29 is 10.2 Å². The van der Waals surface area contributed by atoms with Gasteiger partial charge in [-0.1, -0.05) is 5.43 Å². The average molecular weight is 140 g/mol. The van der Waals surface area contributed by atoms with Gasteiger partial charge in [0.25, 0.3) is 0 Å². The molecule has 0 unspecified atom stereocenters. The molecule has 10 heavy (non-hydrogen) atoms. The Balaban J connectivity index is 2.67. The molecule has 1 rings (SSSR count). The predicted molar refractivity (Wildman–Crippen MR) is 33.3 cm³/mol. The molecule has 0 amide bonds. The van der Waals surface area contributed by atoms with Crippen molar-refractivity contribution in [2.75, 3.05) is 5.43 Å². The maximum Gasteiger partial charge on any atom is 0.359 e. The lowest BCUT2D eigenvalue weighted by Gasteiger charge is -1.88. The highest BCUT2D eigenvalue weighted by atomic mass is 16.7. The smallest absolute Gasteiger partial charge is 0.265 e. The summed E-state index contributed by atoms with van der Waals surface area (Å²) in [6.45, 7) is 0. The molecule has 0 saturated carbocycles. The first-order valence-corrected chi connectivity index (χ1v) is 2.62. The summed E-state index contributed by atoms with van der Waals surface area (Å²) >= 11 is 0. The number of pyridine rings is 1. The zero-order chi connectivity index (χ0) is 7.40. The Bertz CT molecular complexity index is 224. The van der Waals surface area contributed by atoms with E-state index in [1.807, 2.05) is 0 Å². The van der Waals surface area contributed by atoms with Crippen LogP contribution in [-0.4, -0.2) is 15.2 Å². The van der Waals surface area contributed by atoms with Crippen molar-refractivity contribution in [1.29, 1.82) is 0 Å². The summed E-state index contributed by atoms with van der Waals surface area (Å²) in [5.41, 5.74) is 2.59. The van der Waals surface area contributed by atoms with E-state index < -0.39 is 0 Å². The van der Waals surface area contributed by atoms with Crippen LogP contribution in [0.5, 0.6) is 0 Å². The first kappa shape index (κ1) is 6.47. The van der Waals surface area contributed by atoms with Crippen LogP contribution in [0.25, 0.3) is 0 Å². The molecule has 0 aromatic carbocycles. The molecule has 0 spiro atoms. The van der Waals surface area contributed by atoms with E-state index in [1.165, 1.54) is 12.4 Å². The number of rotatable bonds is 2. The van der Waals surface area contributed by atoms with E-state index in [4.69, 9.17) is 5.21 Å². The van der Waals surface area contributed by atoms with Crippen LogP contribution in [-0.2, 0) is 0 Å². The highest BCUT2D eigenvalue weighted by molar-refractivity contribution is 5.37. The Hall–Kier alpha value is -1.65. The van der Waals surface area contributed by atoms with Crippen LogP contribution in [0.2, 0.25) is 0 Å². The summed E-state index contributed by atoms with van der Waals surface area (Å²) in [6.07, 6.45) is 3.01. The van der Waals surface area contributed by atoms with E-state index in [0.717, 1.165) is 0 Å². The summed E-state index contributed by atoms with van der Waals surface area (Å²) in [6, 6.07) is 3.11. The van der Waals surface area contributed by atoms with Crippen LogP contribution < -0.4 is 5.43 Å². The number of nitrogens with zero attached hydrogens (tertiary/aromatic N) is 2. The van der Waals surface area contributed by atoms with Gasteiger partial charge >= 0.3 is 5.03 Å². The Morgan fingerprint density at radius 1 is 1.50 bits per heavy atom. The number of hydrogen-bond acceptors (Lipinski definition) is 2. The number of aromatic nitrogens is 1. The number of anilines is 1. The second-order valence-electron chi connectivity index (χ2n) is 1.62. The Kier molecular flexibility index (Phi) is 1.79. The molecular formula is C5H6N3O2+. The normalized spacial score (nSPS) is 8.80. The summed E-state index contributed by atoms with van der Waals surface area (Å²) in [5, 5.41) is 7.79. The van der Waals surface area contributed by atoms with Crippen LogP contribution >= 0.6 is 0 Å². The number of nitrogens with one attached hydrogen (secondary N) is 1. The predicted octanol–water partition coefficient (Wildman–Crippen LogP) is 0.577. The van der Waals surface area contributed by atoms with Crippen molar-refractivity contribution in [2.45, 2.75) is 0 Å². The van der Waals surface area contributed by atoms with Gasteiger partial charge < -0.3 is 0 Å². The van der Waals surface area contributed by atoms with Crippen molar-refractivity contribution in [3.05, 3.63) is 29.4 Å². The zero-order valence-corrected chi connectivity index (χ0v) is 5.06. The first-order chi connectivity index (χ1) is 4.79. The molecule has 5 nitrogen and oxygen atoms in total. The standard InChI is InChI=1S/C5H6N3O2/c9-8(10)7-5-1-3-6-4-2-5/h1-4H,(H,6,7)(H,9,10)/q+1. The van der Waals surface area contributed by atoms with E-state index >= 15 is 0 Å². The summed E-state index contributed by atoms with van der Waals surface area (Å²) < 4.78 is 0. The summed E-state index contributed by atoms with van der Waals surface area (Å²) in [4.78, 5) is 13.7. The van der Waals surface area contributed by atoms with Crippen LogP contribution in [0.4, 0.5) is 5.69 Å². The van der Waals surface area contributed by atoms with Gasteiger partial charge in [-0.05, 0) is 12.1 Å². The molecule has 5 heteroatoms. The van der Waals surface area contributed by atoms with Crippen molar-refractivity contribution in [3.8, 4) is 0 Å². The molecule has 0 aliphatic heterocycles. The minimum Gasteiger partial charge on any atom is -0.265 e. The third-order valence-electron chi connectivity index (χ3n) is 0.905. The lowest BCUT2D eigenvalue weighted by Crippen LogP contribution is -2.10. The second kappa shape index (κ2) is 2.77. The van der Waals surface area contributed by atoms with Crippen LogP contribution in [0.3, 0.4) is 0 Å². The molecule has 0 bridgehead atoms. The van der Waals surface area contributed by atoms with E-state index in [-0.39, 0.29) is 5.03 Å². The topological polar surface area (TPSA) is 65.2 Å². The summed E-state index contributed by atoms with van der Waals surface area (Å²) in [7, 11) is 0. The van der Waals surface area contributed by atoms with E-state index in [1.54, 1.807) is 12.1 Å². The Labute approximate surface area is 56.8 Å². The van der Waals surface area contributed by atoms with Crippen molar-refractivity contribution in [3.63, 3.8) is 0 Å². The SMILES string of the molecule is O=[N+](O)Nc1ccncc1. The van der Waals surface area contributed by atoms with Crippen molar-refractivity contribution in [1.82, 2.24) is 4.98 Å². The molecule has 0 aliphatic carbocycles. The molecule has 1 heterocycles. The van der Waals surface area contributed by atoms with Gasteiger partial charge in [0.1, 0.15) is 10.6 Å². The zero-order valence-electron chi connectivity index (χ0n) is 5.06. The Morgan fingerprint density at radius 3 is 2.60 bits per heavy atom. The number of hydrazine groups is 1. The first-order valence-electron chi connectivity index (χ1n) is 2.62. The quantitative estimate of drug-likeness (QED) is 0.589. The van der Waals surface area contributed by atoms with Crippen LogP contribution in [0.1, 0.15) is 0 Å². The molecule has 52 valence electrons. The second-order valence-corrected chi connectivity index (χ2v) is 1.62. The Morgan fingerprint density at radius 2 is 2.10 bits per heavy atom. The van der Waals surface area contributed by atoms with Gasteiger partial charge in [0.15, 0.2) is 0 Å². The largest absolute Gasteiger partial charge is 0.359 e. The molecule has 0 radical (unpaired) electrons. The van der Waals surface area contributed by atoms with Gasteiger partial charge in [0, 0.05) is 12.4 Å². The molecular weight excluding hydrogens is 134 g/mol. The molecule has 1 aromatic rings. The highest BCUT2D eigenvalue weighted by Crippen LogP contribution is 2.00. The monoisotopic (exact) mass is 140 g/mol. The molecule has 2 N–H and O–H groups in total. The van der Waals surface area contributed by atoms with Crippen molar-refractivity contribution >= 4 is 5.69 Å². The van der Waals surface area contributed by atoms with Gasteiger partial charge in [-0.15, -0.1) is 0 Å². The minimum absolute atomic E-state index is 0.366. The molecule has 0 aliphatic rings. The molecule has 0 fully saturated rings. The van der Waals surface area contributed by atoms with Gasteiger partial charge in [-0.25, -0.2) is 5.21 Å². The van der Waals surface area contributed by atoms with Crippen LogP contribution in [0, 0.1) is 4.91 Å². The van der Waals surface area contributed by atoms with Crippen LogP contribution in [0.15, 0.2) is 24.5 Å². The lowest BCUT2D eigenvalue weighted by atomic mass is 10.4. The minimum atomic E-state index is -0.366. The summed E-state index contributed by atoms with van der Waals surface area (Å²) in [5.74, 6) is 0. The van der Waals surface area contributed by atoms with Crippen molar-refractivity contribution in [2.24, 2.45) is 0 Å². The molecule has 0 saturated heterocycles. The maximum atomic E-state index is 9.95. The fourth-order valence-electron chi connectivity index (χ4n) is 0.537. The van der Waals surface area contributed by atoms with E-state index in [9.17, 15) is 4.91 Å². The maximum absolute atomic E-state index is 9.95. The lowest BCUT2D eigenvalue weighted by molar-refractivity contribution is -0.769. The van der Waals surface area contributed by atoms with Gasteiger partial charge in [-0.3, -0.25) is 4.98 Å². The van der Waals surface area contributed by atoms with Gasteiger partial charge in [-0.2, -0.15) is 0 Å².